The van der Waals surface area contributed by atoms with Crippen LogP contribution < -0.4 is 10.6 Å². The normalized spacial score (nSPS) is 10.6. The van der Waals surface area contributed by atoms with E-state index >= 15 is 0 Å². The molecule has 0 saturated heterocycles. The second-order valence-electron chi connectivity index (χ2n) is 4.60. The molecule has 0 atom stereocenters. The van der Waals surface area contributed by atoms with Gasteiger partial charge in [0.05, 0.1) is 5.69 Å². The molecule has 6 heteroatoms. The van der Waals surface area contributed by atoms with Crippen molar-refractivity contribution < 1.29 is 18.0 Å². The number of carbonyl (C=O) groups is 1. The Kier molecular flexibility index (Phi) is 5.66. The first-order chi connectivity index (χ1) is 8.91. The maximum atomic E-state index is 13.3. The molecule has 0 aliphatic rings. The van der Waals surface area contributed by atoms with Crippen molar-refractivity contribution in [2.75, 3.05) is 18.4 Å². The molecule has 0 saturated carbocycles. The van der Waals surface area contributed by atoms with E-state index in [1.54, 1.807) is 0 Å². The minimum absolute atomic E-state index is 0.130. The van der Waals surface area contributed by atoms with Gasteiger partial charge in [0.15, 0.2) is 17.5 Å². The summed E-state index contributed by atoms with van der Waals surface area (Å²) < 4.78 is 38.9. The number of rotatable bonds is 6. The van der Waals surface area contributed by atoms with Crippen molar-refractivity contribution in [3.05, 3.63) is 29.6 Å². The van der Waals surface area contributed by atoms with Crippen LogP contribution in [0, 0.1) is 23.4 Å². The van der Waals surface area contributed by atoms with Crippen molar-refractivity contribution in [3.63, 3.8) is 0 Å². The van der Waals surface area contributed by atoms with Gasteiger partial charge in [0.25, 0.3) is 0 Å². The number of carbonyl (C=O) groups excluding carboxylic acids is 1. The van der Waals surface area contributed by atoms with Crippen LogP contribution in [-0.4, -0.2) is 19.0 Å². The molecule has 19 heavy (non-hydrogen) atoms. The van der Waals surface area contributed by atoms with Gasteiger partial charge in [-0.3, -0.25) is 4.79 Å². The van der Waals surface area contributed by atoms with Gasteiger partial charge in [-0.05, 0) is 18.1 Å². The highest BCUT2D eigenvalue weighted by atomic mass is 19.2. The summed E-state index contributed by atoms with van der Waals surface area (Å²) in [5.74, 6) is -3.86. The number of anilines is 1. The van der Waals surface area contributed by atoms with Crippen LogP contribution in [0.5, 0.6) is 0 Å². The lowest BCUT2D eigenvalue weighted by Gasteiger charge is -2.10. The van der Waals surface area contributed by atoms with Crippen LogP contribution >= 0.6 is 0 Å². The van der Waals surface area contributed by atoms with Crippen LogP contribution in [0.15, 0.2) is 12.1 Å². The second-order valence-corrected chi connectivity index (χ2v) is 4.60. The average molecular weight is 274 g/mol. The lowest BCUT2D eigenvalue weighted by Crippen LogP contribution is -2.28. The molecule has 0 aromatic heterocycles. The van der Waals surface area contributed by atoms with Gasteiger partial charge in [-0.2, -0.15) is 0 Å². The smallest absolute Gasteiger partial charge is 0.221 e. The molecule has 0 unspecified atom stereocenters. The highest BCUT2D eigenvalue weighted by Gasteiger charge is 2.13. The fourth-order valence-electron chi connectivity index (χ4n) is 1.38. The van der Waals surface area contributed by atoms with Crippen LogP contribution in [0.2, 0.25) is 0 Å². The Balaban J connectivity index is 2.41. The van der Waals surface area contributed by atoms with Gasteiger partial charge in [0, 0.05) is 19.5 Å². The Morgan fingerprint density at radius 2 is 1.89 bits per heavy atom. The number of amides is 1. The molecule has 0 aliphatic heterocycles. The first-order valence-corrected chi connectivity index (χ1v) is 6.06. The zero-order valence-corrected chi connectivity index (χ0v) is 10.9. The summed E-state index contributed by atoms with van der Waals surface area (Å²) >= 11 is 0. The number of hydrogen-bond acceptors (Lipinski definition) is 2. The van der Waals surface area contributed by atoms with Crippen molar-refractivity contribution in [2.45, 2.75) is 20.3 Å². The zero-order chi connectivity index (χ0) is 14.4. The van der Waals surface area contributed by atoms with E-state index in [0.717, 1.165) is 12.1 Å². The first-order valence-electron chi connectivity index (χ1n) is 6.06. The summed E-state index contributed by atoms with van der Waals surface area (Å²) in [6.45, 7) is 4.65. The summed E-state index contributed by atoms with van der Waals surface area (Å²) in [4.78, 5) is 11.4. The molecular formula is C13H17F3N2O. The molecule has 0 spiro atoms. The molecule has 0 heterocycles. The van der Waals surface area contributed by atoms with Crippen LogP contribution in [0.25, 0.3) is 0 Å². The third-order valence-electron chi connectivity index (χ3n) is 2.41. The highest BCUT2D eigenvalue weighted by Crippen LogP contribution is 2.19. The molecule has 0 radical (unpaired) electrons. The van der Waals surface area contributed by atoms with Gasteiger partial charge in [-0.1, -0.05) is 13.8 Å². The van der Waals surface area contributed by atoms with Crippen molar-refractivity contribution >= 4 is 11.6 Å². The number of hydrogen-bond donors (Lipinski definition) is 2. The standard InChI is InChI=1S/C13H17F3N2O/c1-8(2)7-18-11(19)5-6-17-10-4-3-9(14)12(15)13(10)16/h3-4,8,17H,5-7H2,1-2H3,(H,18,19). The van der Waals surface area contributed by atoms with E-state index < -0.39 is 17.5 Å². The van der Waals surface area contributed by atoms with Crippen LogP contribution in [0.1, 0.15) is 20.3 Å². The van der Waals surface area contributed by atoms with Gasteiger partial charge in [-0.15, -0.1) is 0 Å². The lowest BCUT2D eigenvalue weighted by atomic mass is 10.2. The molecule has 1 aromatic rings. The molecule has 3 nitrogen and oxygen atoms in total. The predicted octanol–water partition coefficient (Wildman–Crippen LogP) is 2.68. The molecule has 0 aliphatic carbocycles. The molecule has 106 valence electrons. The van der Waals surface area contributed by atoms with Crippen LogP contribution in [-0.2, 0) is 4.79 Å². The number of benzene rings is 1. The van der Waals surface area contributed by atoms with Crippen molar-refractivity contribution in [1.29, 1.82) is 0 Å². The van der Waals surface area contributed by atoms with Crippen LogP contribution in [0.4, 0.5) is 18.9 Å². The first kappa shape index (κ1) is 15.3. The molecule has 2 N–H and O–H groups in total. The summed E-state index contributed by atoms with van der Waals surface area (Å²) in [7, 11) is 0. The predicted molar refractivity (Wildman–Crippen MR) is 67.3 cm³/mol. The fraction of sp³-hybridized carbons (Fsp3) is 0.462. The minimum atomic E-state index is -1.52. The van der Waals surface area contributed by atoms with Gasteiger partial charge >= 0.3 is 0 Å². The molecule has 1 aromatic carbocycles. The Bertz CT molecular complexity index is 450. The molecule has 1 amide bonds. The quantitative estimate of drug-likeness (QED) is 0.783. The van der Waals surface area contributed by atoms with E-state index in [4.69, 9.17) is 0 Å². The maximum Gasteiger partial charge on any atom is 0.221 e. The van der Waals surface area contributed by atoms with E-state index in [9.17, 15) is 18.0 Å². The monoisotopic (exact) mass is 274 g/mol. The Labute approximate surface area is 110 Å². The lowest BCUT2D eigenvalue weighted by molar-refractivity contribution is -0.120. The van der Waals surface area contributed by atoms with Crippen molar-refractivity contribution in [1.82, 2.24) is 5.32 Å². The number of halogens is 3. The maximum absolute atomic E-state index is 13.3. The Hall–Kier alpha value is -1.72. The highest BCUT2D eigenvalue weighted by molar-refractivity contribution is 5.76. The van der Waals surface area contributed by atoms with Gasteiger partial charge in [-0.25, -0.2) is 13.2 Å². The minimum Gasteiger partial charge on any atom is -0.382 e. The third-order valence-corrected chi connectivity index (χ3v) is 2.41. The summed E-state index contributed by atoms with van der Waals surface area (Å²) in [5.41, 5.74) is -0.157. The zero-order valence-electron chi connectivity index (χ0n) is 10.9. The van der Waals surface area contributed by atoms with Gasteiger partial charge < -0.3 is 10.6 Å². The summed E-state index contributed by atoms with van der Waals surface area (Å²) in [5, 5.41) is 5.25. The third kappa shape index (κ3) is 4.81. The van der Waals surface area contributed by atoms with Crippen molar-refractivity contribution in [2.24, 2.45) is 5.92 Å². The largest absolute Gasteiger partial charge is 0.382 e. The topological polar surface area (TPSA) is 41.1 Å². The second kappa shape index (κ2) is 7.01. The van der Waals surface area contributed by atoms with Gasteiger partial charge in [0.1, 0.15) is 0 Å². The fourth-order valence-corrected chi connectivity index (χ4v) is 1.38. The molecule has 0 bridgehead atoms. The molecule has 0 fully saturated rings. The Morgan fingerprint density at radius 1 is 1.21 bits per heavy atom. The van der Waals surface area contributed by atoms with E-state index in [1.807, 2.05) is 13.8 Å². The van der Waals surface area contributed by atoms with Crippen molar-refractivity contribution in [3.8, 4) is 0 Å². The van der Waals surface area contributed by atoms with E-state index in [0.29, 0.717) is 12.5 Å². The number of nitrogens with one attached hydrogen (secondary N) is 2. The SMILES string of the molecule is CC(C)CNC(=O)CCNc1ccc(F)c(F)c1F. The van der Waals surface area contributed by atoms with E-state index in [2.05, 4.69) is 10.6 Å². The summed E-state index contributed by atoms with van der Waals surface area (Å²) in [6, 6.07) is 1.93. The van der Waals surface area contributed by atoms with E-state index in [1.165, 1.54) is 0 Å². The summed E-state index contributed by atoms with van der Waals surface area (Å²) in [6.07, 6.45) is 0.130. The van der Waals surface area contributed by atoms with E-state index in [-0.39, 0.29) is 24.6 Å². The average Bonchev–Trinajstić information content (AvgIpc) is 2.36. The Morgan fingerprint density at radius 3 is 2.53 bits per heavy atom. The molecular weight excluding hydrogens is 257 g/mol. The van der Waals surface area contributed by atoms with Crippen LogP contribution in [0.3, 0.4) is 0 Å². The molecule has 1 rings (SSSR count). The van der Waals surface area contributed by atoms with Gasteiger partial charge in [0.2, 0.25) is 5.91 Å².